The standard InChI is InChI=1S/C20H23F2N3O2/c1-13-9-16(20(21)22)23-25(13)12-19(26)24-10-17(14-5-3-2-4-6-14)27-18(11-24)15-7-8-15/h2-6,9,15,17-18,20H,7-8,10-12H2,1H3/t17-,18+/m0/s1. The number of rotatable bonds is 5. The van der Waals surface area contributed by atoms with Crippen LogP contribution in [0.2, 0.25) is 0 Å². The van der Waals surface area contributed by atoms with Gasteiger partial charge in [0.05, 0.1) is 12.6 Å². The molecule has 0 bridgehead atoms. The van der Waals surface area contributed by atoms with E-state index < -0.39 is 6.43 Å². The number of nitrogens with zero attached hydrogens (tertiary/aromatic N) is 3. The van der Waals surface area contributed by atoms with Gasteiger partial charge in [0.15, 0.2) is 0 Å². The fourth-order valence-electron chi connectivity index (χ4n) is 3.60. The van der Waals surface area contributed by atoms with Crippen molar-refractivity contribution in [3.8, 4) is 0 Å². The number of alkyl halides is 2. The third-order valence-corrected chi connectivity index (χ3v) is 5.31. The molecule has 27 heavy (non-hydrogen) atoms. The lowest BCUT2D eigenvalue weighted by molar-refractivity contribution is -0.148. The van der Waals surface area contributed by atoms with Gasteiger partial charge >= 0.3 is 0 Å². The number of benzene rings is 1. The maximum atomic E-state index is 12.9. The average Bonchev–Trinajstić information content (AvgIpc) is 3.46. The van der Waals surface area contributed by atoms with E-state index in [1.165, 1.54) is 10.7 Å². The Balaban J connectivity index is 1.50. The van der Waals surface area contributed by atoms with Crippen molar-refractivity contribution in [2.24, 2.45) is 5.92 Å². The fourth-order valence-corrected chi connectivity index (χ4v) is 3.60. The second kappa shape index (κ2) is 7.38. The van der Waals surface area contributed by atoms with Gasteiger partial charge in [-0.15, -0.1) is 0 Å². The second-order valence-corrected chi connectivity index (χ2v) is 7.38. The summed E-state index contributed by atoms with van der Waals surface area (Å²) in [6.07, 6.45) is -0.507. The van der Waals surface area contributed by atoms with Crippen LogP contribution < -0.4 is 0 Å². The Morgan fingerprint density at radius 3 is 2.63 bits per heavy atom. The molecule has 4 rings (SSSR count). The van der Waals surface area contributed by atoms with E-state index in [9.17, 15) is 13.6 Å². The molecule has 2 heterocycles. The summed E-state index contributed by atoms with van der Waals surface area (Å²) in [4.78, 5) is 14.7. The van der Waals surface area contributed by atoms with Crippen molar-refractivity contribution >= 4 is 5.91 Å². The molecule has 2 atom stereocenters. The van der Waals surface area contributed by atoms with E-state index in [0.29, 0.717) is 24.7 Å². The van der Waals surface area contributed by atoms with E-state index in [0.717, 1.165) is 18.4 Å². The van der Waals surface area contributed by atoms with E-state index in [2.05, 4.69) is 5.10 Å². The van der Waals surface area contributed by atoms with Crippen LogP contribution in [0.5, 0.6) is 0 Å². The number of hydrogen-bond acceptors (Lipinski definition) is 3. The molecule has 0 unspecified atom stereocenters. The Bertz CT molecular complexity index is 805. The van der Waals surface area contributed by atoms with Gasteiger partial charge in [-0.05, 0) is 37.3 Å². The van der Waals surface area contributed by atoms with E-state index in [-0.39, 0.29) is 30.4 Å². The highest BCUT2D eigenvalue weighted by atomic mass is 19.3. The first-order valence-electron chi connectivity index (χ1n) is 9.32. The zero-order valence-corrected chi connectivity index (χ0v) is 15.2. The molecule has 0 N–H and O–H groups in total. The normalized spacial score (nSPS) is 23.0. The third-order valence-electron chi connectivity index (χ3n) is 5.31. The predicted molar refractivity (Wildman–Crippen MR) is 95.3 cm³/mol. The molecule has 1 aromatic heterocycles. The number of hydrogen-bond donors (Lipinski definition) is 0. The van der Waals surface area contributed by atoms with Crippen molar-refractivity contribution in [1.29, 1.82) is 0 Å². The summed E-state index contributed by atoms with van der Waals surface area (Å²) in [5.41, 5.74) is 1.32. The number of aryl methyl sites for hydroxylation is 1. The molecule has 1 aromatic carbocycles. The molecule has 144 valence electrons. The lowest BCUT2D eigenvalue weighted by Crippen LogP contribution is -2.48. The van der Waals surface area contributed by atoms with Crippen molar-refractivity contribution in [1.82, 2.24) is 14.7 Å². The van der Waals surface area contributed by atoms with Crippen molar-refractivity contribution < 1.29 is 18.3 Å². The number of carbonyl (C=O) groups is 1. The maximum absolute atomic E-state index is 12.9. The Labute approximate surface area is 156 Å². The van der Waals surface area contributed by atoms with Crippen molar-refractivity contribution in [2.75, 3.05) is 13.1 Å². The quantitative estimate of drug-likeness (QED) is 0.804. The summed E-state index contributed by atoms with van der Waals surface area (Å²) in [6.45, 7) is 2.67. The summed E-state index contributed by atoms with van der Waals surface area (Å²) in [7, 11) is 0. The molecular formula is C20H23F2N3O2. The van der Waals surface area contributed by atoms with Crippen LogP contribution in [-0.4, -0.2) is 39.8 Å². The predicted octanol–water partition coefficient (Wildman–Crippen LogP) is 3.51. The number of carbonyl (C=O) groups excluding carboxylic acids is 1. The maximum Gasteiger partial charge on any atom is 0.282 e. The molecule has 1 amide bonds. The third kappa shape index (κ3) is 4.03. The van der Waals surface area contributed by atoms with Gasteiger partial charge in [-0.1, -0.05) is 30.3 Å². The lowest BCUT2D eigenvalue weighted by atomic mass is 10.0. The smallest absolute Gasteiger partial charge is 0.282 e. The molecule has 5 nitrogen and oxygen atoms in total. The SMILES string of the molecule is Cc1cc(C(F)F)nn1CC(=O)N1C[C@@H](c2ccccc2)O[C@@H](C2CC2)C1. The highest BCUT2D eigenvalue weighted by molar-refractivity contribution is 5.76. The van der Waals surface area contributed by atoms with E-state index in [1.54, 1.807) is 11.8 Å². The molecule has 1 aliphatic heterocycles. The van der Waals surface area contributed by atoms with Crippen LogP contribution in [0, 0.1) is 12.8 Å². The van der Waals surface area contributed by atoms with E-state index >= 15 is 0 Å². The minimum Gasteiger partial charge on any atom is -0.366 e. The lowest BCUT2D eigenvalue weighted by Gasteiger charge is -2.38. The van der Waals surface area contributed by atoms with Crippen LogP contribution in [0.25, 0.3) is 0 Å². The van der Waals surface area contributed by atoms with Gasteiger partial charge in [0, 0.05) is 12.2 Å². The number of aromatic nitrogens is 2. The molecule has 1 saturated carbocycles. The van der Waals surface area contributed by atoms with Gasteiger partial charge in [0.25, 0.3) is 6.43 Å². The summed E-state index contributed by atoms with van der Waals surface area (Å²) in [5.74, 6) is 0.389. The highest BCUT2D eigenvalue weighted by Gasteiger charge is 2.40. The first kappa shape index (κ1) is 18.1. The summed E-state index contributed by atoms with van der Waals surface area (Å²) < 4.78 is 33.3. The first-order chi connectivity index (χ1) is 13.0. The monoisotopic (exact) mass is 375 g/mol. The largest absolute Gasteiger partial charge is 0.366 e. The summed E-state index contributed by atoms with van der Waals surface area (Å²) >= 11 is 0. The average molecular weight is 375 g/mol. The molecule has 2 fully saturated rings. The van der Waals surface area contributed by atoms with Crippen molar-refractivity contribution in [3.05, 3.63) is 53.3 Å². The number of morpholine rings is 1. The molecule has 1 saturated heterocycles. The van der Waals surface area contributed by atoms with Gasteiger partial charge < -0.3 is 9.64 Å². The molecule has 1 aliphatic carbocycles. The van der Waals surface area contributed by atoms with E-state index in [4.69, 9.17) is 4.74 Å². The Morgan fingerprint density at radius 1 is 1.26 bits per heavy atom. The van der Waals surface area contributed by atoms with Gasteiger partial charge in [-0.2, -0.15) is 5.10 Å². The molecule has 2 aliphatic rings. The summed E-state index contributed by atoms with van der Waals surface area (Å²) in [5, 5.41) is 3.88. The number of halogens is 2. The molecular weight excluding hydrogens is 352 g/mol. The van der Waals surface area contributed by atoms with Gasteiger partial charge in [-0.3, -0.25) is 9.48 Å². The number of ether oxygens (including phenoxy) is 1. The Hall–Kier alpha value is -2.28. The minimum atomic E-state index is -2.63. The van der Waals surface area contributed by atoms with Crippen molar-refractivity contribution in [3.63, 3.8) is 0 Å². The molecule has 2 aromatic rings. The first-order valence-corrected chi connectivity index (χ1v) is 9.32. The topological polar surface area (TPSA) is 47.4 Å². The van der Waals surface area contributed by atoms with Crippen molar-refractivity contribution in [2.45, 2.75) is 44.9 Å². The van der Waals surface area contributed by atoms with Crippen LogP contribution in [-0.2, 0) is 16.1 Å². The molecule has 0 radical (unpaired) electrons. The van der Waals surface area contributed by atoms with E-state index in [1.807, 2.05) is 30.3 Å². The molecule has 7 heteroatoms. The summed E-state index contributed by atoms with van der Waals surface area (Å²) in [6, 6.07) is 11.2. The van der Waals surface area contributed by atoms with Crippen LogP contribution >= 0.6 is 0 Å². The Morgan fingerprint density at radius 2 is 2.00 bits per heavy atom. The second-order valence-electron chi connectivity index (χ2n) is 7.38. The van der Waals surface area contributed by atoms with Crippen LogP contribution in [0.15, 0.2) is 36.4 Å². The van der Waals surface area contributed by atoms with Crippen LogP contribution in [0.3, 0.4) is 0 Å². The van der Waals surface area contributed by atoms with Gasteiger partial charge in [0.1, 0.15) is 18.3 Å². The fraction of sp³-hybridized carbons (Fsp3) is 0.500. The zero-order valence-electron chi connectivity index (χ0n) is 15.2. The minimum absolute atomic E-state index is 0.0303. The Kier molecular flexibility index (Phi) is 4.95. The van der Waals surface area contributed by atoms with Gasteiger partial charge in [-0.25, -0.2) is 8.78 Å². The zero-order chi connectivity index (χ0) is 19.0. The highest BCUT2D eigenvalue weighted by Crippen LogP contribution is 2.39. The number of amides is 1. The van der Waals surface area contributed by atoms with Crippen LogP contribution in [0.4, 0.5) is 8.78 Å². The van der Waals surface area contributed by atoms with Crippen LogP contribution in [0.1, 0.15) is 42.3 Å². The molecule has 0 spiro atoms. The van der Waals surface area contributed by atoms with Gasteiger partial charge in [0.2, 0.25) is 5.91 Å².